The second-order valence-electron chi connectivity index (χ2n) is 4.08. The lowest BCUT2D eigenvalue weighted by Crippen LogP contribution is -2.82. The fraction of sp³-hybridized carbons (Fsp3) is 0.467. The third-order valence-corrected chi connectivity index (χ3v) is 2.55. The highest BCUT2D eigenvalue weighted by Gasteiger charge is 1.98. The molecule has 0 spiro atoms. The van der Waals surface area contributed by atoms with Gasteiger partial charge in [0.15, 0.2) is 0 Å². The number of rotatable bonds is 10. The van der Waals surface area contributed by atoms with E-state index in [9.17, 15) is 0 Å². The van der Waals surface area contributed by atoms with Gasteiger partial charge in [-0.25, -0.2) is 0 Å². The fourth-order valence-electron chi connectivity index (χ4n) is 1.66. The van der Waals surface area contributed by atoms with Crippen LogP contribution in [0.3, 0.4) is 0 Å². The smallest absolute Gasteiger partial charge is 0.120 e. The Kier molecular flexibility index (Phi) is 7.93. The van der Waals surface area contributed by atoms with Crippen molar-refractivity contribution in [1.29, 1.82) is 0 Å². The summed E-state index contributed by atoms with van der Waals surface area (Å²) >= 11 is 0. The number of hydrogen-bond donors (Lipinski definition) is 1. The highest BCUT2D eigenvalue weighted by Crippen LogP contribution is 2.12. The molecule has 0 aromatic heterocycles. The van der Waals surface area contributed by atoms with Gasteiger partial charge in [0.2, 0.25) is 0 Å². The number of benzene rings is 1. The summed E-state index contributed by atoms with van der Waals surface area (Å²) in [5, 5.41) is 2.30. The van der Waals surface area contributed by atoms with Gasteiger partial charge in [0.25, 0.3) is 0 Å². The fourth-order valence-corrected chi connectivity index (χ4v) is 1.66. The average molecular weight is 250 g/mol. The zero-order chi connectivity index (χ0) is 13.1. The van der Waals surface area contributed by atoms with Crippen molar-refractivity contribution < 1.29 is 14.8 Å². The van der Waals surface area contributed by atoms with E-state index in [1.54, 1.807) is 6.08 Å². The van der Waals surface area contributed by atoms with Crippen LogP contribution in [0.15, 0.2) is 36.9 Å². The number of nitrogens with two attached hydrogens (primary N) is 1. The zero-order valence-electron chi connectivity index (χ0n) is 11.2. The quantitative estimate of drug-likeness (QED) is 0.507. The van der Waals surface area contributed by atoms with Crippen LogP contribution in [0.4, 0.5) is 0 Å². The van der Waals surface area contributed by atoms with Crippen LogP contribution < -0.4 is 10.1 Å². The molecule has 3 heteroatoms. The van der Waals surface area contributed by atoms with E-state index in [1.165, 1.54) is 5.56 Å². The molecule has 0 fully saturated rings. The van der Waals surface area contributed by atoms with Gasteiger partial charge in [-0.3, -0.25) is 0 Å². The summed E-state index contributed by atoms with van der Waals surface area (Å²) in [6.45, 7) is 9.97. The average Bonchev–Trinajstić information content (AvgIpc) is 2.41. The molecule has 0 saturated carbocycles. The molecular weight excluding hydrogens is 226 g/mol. The maximum absolute atomic E-state index is 5.50. The van der Waals surface area contributed by atoms with Gasteiger partial charge in [0, 0.05) is 18.6 Å². The third kappa shape index (κ3) is 6.42. The van der Waals surface area contributed by atoms with Crippen molar-refractivity contribution in [3.63, 3.8) is 0 Å². The summed E-state index contributed by atoms with van der Waals surface area (Å²) < 4.78 is 10.8. The highest BCUT2D eigenvalue weighted by molar-refractivity contribution is 5.28. The summed E-state index contributed by atoms with van der Waals surface area (Å²) in [7, 11) is 0. The molecule has 0 heterocycles. The van der Waals surface area contributed by atoms with E-state index in [4.69, 9.17) is 9.47 Å². The van der Waals surface area contributed by atoms with E-state index in [0.717, 1.165) is 38.5 Å². The molecule has 0 aliphatic carbocycles. The molecule has 100 valence electrons. The van der Waals surface area contributed by atoms with Gasteiger partial charge in [-0.05, 0) is 19.1 Å². The molecule has 18 heavy (non-hydrogen) atoms. The van der Waals surface area contributed by atoms with E-state index in [-0.39, 0.29) is 0 Å². The van der Waals surface area contributed by atoms with Gasteiger partial charge in [-0.15, -0.1) is 0 Å². The van der Waals surface area contributed by atoms with Crippen LogP contribution in [0.1, 0.15) is 18.9 Å². The minimum Gasteiger partial charge on any atom is -0.490 e. The van der Waals surface area contributed by atoms with Crippen LogP contribution in [0, 0.1) is 0 Å². The van der Waals surface area contributed by atoms with Crippen molar-refractivity contribution in [2.75, 3.05) is 26.4 Å². The molecule has 1 aromatic carbocycles. The molecule has 0 aliphatic rings. The van der Waals surface area contributed by atoms with E-state index < -0.39 is 0 Å². The minimum atomic E-state index is 0.557. The van der Waals surface area contributed by atoms with Crippen molar-refractivity contribution in [3.05, 3.63) is 42.5 Å². The van der Waals surface area contributed by atoms with E-state index >= 15 is 0 Å². The summed E-state index contributed by atoms with van der Waals surface area (Å²) in [5.41, 5.74) is 1.29. The SMILES string of the molecule is C=CCOc1cccc(C[NH2+]CCCOCC)c1. The van der Waals surface area contributed by atoms with E-state index in [2.05, 4.69) is 24.0 Å². The molecule has 1 aromatic rings. The molecule has 0 amide bonds. The molecule has 0 bridgehead atoms. The second kappa shape index (κ2) is 9.68. The number of hydrogen-bond acceptors (Lipinski definition) is 2. The maximum atomic E-state index is 5.50. The predicted octanol–water partition coefficient (Wildman–Crippen LogP) is 1.74. The van der Waals surface area contributed by atoms with Crippen LogP contribution in [-0.2, 0) is 11.3 Å². The standard InChI is InChI=1S/C15H23NO2/c1-3-10-18-15-8-5-7-14(12-15)13-16-9-6-11-17-4-2/h3,5,7-8,12,16H,1,4,6,9-11,13H2,2H3/p+1. The maximum Gasteiger partial charge on any atom is 0.120 e. The van der Waals surface area contributed by atoms with Crippen molar-refractivity contribution in [2.24, 2.45) is 0 Å². The van der Waals surface area contributed by atoms with Gasteiger partial charge >= 0.3 is 0 Å². The third-order valence-electron chi connectivity index (χ3n) is 2.55. The van der Waals surface area contributed by atoms with Crippen LogP contribution in [0.2, 0.25) is 0 Å². The number of ether oxygens (including phenoxy) is 2. The van der Waals surface area contributed by atoms with Crippen molar-refractivity contribution in [1.82, 2.24) is 0 Å². The molecule has 3 nitrogen and oxygen atoms in total. The normalized spacial score (nSPS) is 10.3. The first-order valence-corrected chi connectivity index (χ1v) is 6.59. The van der Waals surface area contributed by atoms with Crippen molar-refractivity contribution in [2.45, 2.75) is 19.9 Å². The molecule has 0 aliphatic heterocycles. The molecule has 0 saturated heterocycles. The van der Waals surface area contributed by atoms with Gasteiger partial charge < -0.3 is 14.8 Å². The topological polar surface area (TPSA) is 35.1 Å². The Morgan fingerprint density at radius 2 is 2.28 bits per heavy atom. The second-order valence-corrected chi connectivity index (χ2v) is 4.08. The van der Waals surface area contributed by atoms with Gasteiger partial charge in [-0.2, -0.15) is 0 Å². The Hall–Kier alpha value is -1.32. The van der Waals surface area contributed by atoms with Gasteiger partial charge in [-0.1, -0.05) is 24.8 Å². The lowest BCUT2D eigenvalue weighted by atomic mass is 10.2. The van der Waals surface area contributed by atoms with Gasteiger partial charge in [0.1, 0.15) is 18.9 Å². The molecular formula is C15H24NO2+. The van der Waals surface area contributed by atoms with Crippen LogP contribution in [-0.4, -0.2) is 26.4 Å². The highest BCUT2D eigenvalue weighted by atomic mass is 16.5. The molecule has 2 N–H and O–H groups in total. The Morgan fingerprint density at radius 3 is 3.06 bits per heavy atom. The molecule has 0 unspecified atom stereocenters. The Labute approximate surface area is 110 Å². The van der Waals surface area contributed by atoms with Crippen LogP contribution in [0.5, 0.6) is 5.75 Å². The van der Waals surface area contributed by atoms with Crippen LogP contribution in [0.25, 0.3) is 0 Å². The first kappa shape index (κ1) is 14.7. The lowest BCUT2D eigenvalue weighted by molar-refractivity contribution is -0.671. The summed E-state index contributed by atoms with van der Waals surface area (Å²) in [4.78, 5) is 0. The first-order valence-electron chi connectivity index (χ1n) is 6.59. The Morgan fingerprint density at radius 1 is 1.39 bits per heavy atom. The van der Waals surface area contributed by atoms with E-state index in [1.807, 2.05) is 19.1 Å². The molecule has 1 rings (SSSR count). The monoisotopic (exact) mass is 250 g/mol. The Balaban J connectivity index is 2.22. The van der Waals surface area contributed by atoms with Crippen molar-refractivity contribution >= 4 is 0 Å². The van der Waals surface area contributed by atoms with Crippen molar-refractivity contribution in [3.8, 4) is 5.75 Å². The first-order chi connectivity index (χ1) is 8.86. The summed E-state index contributed by atoms with van der Waals surface area (Å²) in [6, 6.07) is 8.21. The number of quaternary nitrogens is 1. The molecule has 0 radical (unpaired) electrons. The predicted molar refractivity (Wildman–Crippen MR) is 73.7 cm³/mol. The summed E-state index contributed by atoms with van der Waals surface area (Å²) in [5.74, 6) is 0.912. The lowest BCUT2D eigenvalue weighted by Gasteiger charge is -2.06. The molecule has 0 atom stereocenters. The van der Waals surface area contributed by atoms with E-state index in [0.29, 0.717) is 6.61 Å². The largest absolute Gasteiger partial charge is 0.490 e. The Bertz CT molecular complexity index is 339. The summed E-state index contributed by atoms with van der Waals surface area (Å²) in [6.07, 6.45) is 2.85. The zero-order valence-corrected chi connectivity index (χ0v) is 11.2. The minimum absolute atomic E-state index is 0.557. The van der Waals surface area contributed by atoms with Gasteiger partial charge in [0.05, 0.1) is 13.2 Å². The van der Waals surface area contributed by atoms with Crippen LogP contribution >= 0.6 is 0 Å².